The molecule has 2 aromatic carbocycles. The van der Waals surface area contributed by atoms with Crippen molar-refractivity contribution in [1.29, 1.82) is 0 Å². The van der Waals surface area contributed by atoms with Crippen LogP contribution in [0.2, 0.25) is 5.02 Å². The van der Waals surface area contributed by atoms with E-state index in [4.69, 9.17) is 27.9 Å². The zero-order chi connectivity index (χ0) is 22.2. The minimum atomic E-state index is -0.459. The van der Waals surface area contributed by atoms with Crippen LogP contribution in [0.3, 0.4) is 0 Å². The Labute approximate surface area is 204 Å². The average molecular weight is 503 g/mol. The van der Waals surface area contributed by atoms with Crippen LogP contribution in [-0.2, 0) is 9.53 Å². The number of anilines is 1. The van der Waals surface area contributed by atoms with E-state index in [0.29, 0.717) is 24.0 Å². The average Bonchev–Trinajstić information content (AvgIpc) is 3.22. The Hall–Kier alpha value is -1.99. The SMILES string of the molecule is CCCCOC(c1ccc(Cl)cc1)C(Cl)N1C=CN(CC(=O)Nc2ccc(F)cc2)C1.Cl. The summed E-state index contributed by atoms with van der Waals surface area (Å²) in [5, 5.41) is 3.41. The molecule has 2 aromatic rings. The number of hydrogen-bond acceptors (Lipinski definition) is 4. The molecule has 2 atom stereocenters. The molecule has 5 nitrogen and oxygen atoms in total. The molecule has 0 saturated heterocycles. The maximum absolute atomic E-state index is 13.0. The first-order chi connectivity index (χ1) is 15.0. The highest BCUT2D eigenvalue weighted by atomic mass is 35.5. The lowest BCUT2D eigenvalue weighted by Gasteiger charge is -2.31. The maximum Gasteiger partial charge on any atom is 0.243 e. The Kier molecular flexibility index (Phi) is 10.6. The van der Waals surface area contributed by atoms with Gasteiger partial charge in [0.15, 0.2) is 0 Å². The number of halogens is 4. The smallest absolute Gasteiger partial charge is 0.243 e. The second-order valence-corrected chi connectivity index (χ2v) is 8.21. The van der Waals surface area contributed by atoms with Gasteiger partial charge in [0.25, 0.3) is 0 Å². The van der Waals surface area contributed by atoms with Crippen molar-refractivity contribution in [3.8, 4) is 0 Å². The second-order valence-electron chi connectivity index (χ2n) is 7.32. The monoisotopic (exact) mass is 501 g/mol. The van der Waals surface area contributed by atoms with E-state index in [2.05, 4.69) is 12.2 Å². The lowest BCUT2D eigenvalue weighted by atomic mass is 10.1. The fourth-order valence-electron chi connectivity index (χ4n) is 3.18. The zero-order valence-corrected chi connectivity index (χ0v) is 20.0. The third kappa shape index (κ3) is 7.55. The van der Waals surface area contributed by atoms with Crippen LogP contribution in [0.25, 0.3) is 0 Å². The van der Waals surface area contributed by atoms with Gasteiger partial charge in [-0.15, -0.1) is 12.4 Å². The van der Waals surface area contributed by atoms with Gasteiger partial charge in [0, 0.05) is 29.7 Å². The summed E-state index contributed by atoms with van der Waals surface area (Å²) in [5.41, 5.74) is 1.04. The molecule has 0 bridgehead atoms. The molecule has 0 aromatic heterocycles. The number of ether oxygens (including phenoxy) is 1. The van der Waals surface area contributed by atoms with Gasteiger partial charge in [-0.2, -0.15) is 0 Å². The number of nitrogens with zero attached hydrogens (tertiary/aromatic N) is 2. The number of benzene rings is 2. The van der Waals surface area contributed by atoms with Crippen LogP contribution < -0.4 is 5.32 Å². The van der Waals surface area contributed by atoms with Crippen molar-refractivity contribution in [2.75, 3.05) is 25.1 Å². The number of amides is 1. The molecule has 32 heavy (non-hydrogen) atoms. The number of hydrogen-bond donors (Lipinski definition) is 1. The predicted molar refractivity (Wildman–Crippen MR) is 130 cm³/mol. The third-order valence-corrected chi connectivity index (χ3v) is 5.58. The summed E-state index contributed by atoms with van der Waals surface area (Å²) in [6, 6.07) is 13.1. The van der Waals surface area contributed by atoms with Crippen molar-refractivity contribution >= 4 is 47.2 Å². The summed E-state index contributed by atoms with van der Waals surface area (Å²) in [4.78, 5) is 16.1. The number of alkyl halides is 1. The molecule has 3 rings (SSSR count). The van der Waals surface area contributed by atoms with Crippen molar-refractivity contribution in [2.45, 2.75) is 31.4 Å². The van der Waals surface area contributed by atoms with E-state index in [1.165, 1.54) is 24.3 Å². The third-order valence-electron chi connectivity index (χ3n) is 4.85. The molecule has 174 valence electrons. The predicted octanol–water partition coefficient (Wildman–Crippen LogP) is 6.01. The first-order valence-electron chi connectivity index (χ1n) is 10.2. The van der Waals surface area contributed by atoms with E-state index in [9.17, 15) is 9.18 Å². The Balaban J connectivity index is 0.00000363. The first-order valence-corrected chi connectivity index (χ1v) is 11.0. The molecule has 0 radical (unpaired) electrons. The van der Waals surface area contributed by atoms with Gasteiger partial charge in [-0.25, -0.2) is 4.39 Å². The molecule has 1 aliphatic heterocycles. The van der Waals surface area contributed by atoms with Crippen molar-refractivity contribution in [1.82, 2.24) is 9.80 Å². The van der Waals surface area contributed by atoms with Crippen molar-refractivity contribution < 1.29 is 13.9 Å². The first kappa shape index (κ1) is 26.3. The van der Waals surface area contributed by atoms with Gasteiger partial charge < -0.3 is 19.9 Å². The normalized spacial score (nSPS) is 14.8. The lowest BCUT2D eigenvalue weighted by Crippen LogP contribution is -2.38. The molecule has 9 heteroatoms. The summed E-state index contributed by atoms with van der Waals surface area (Å²) in [5.74, 6) is -0.543. The molecule has 0 spiro atoms. The van der Waals surface area contributed by atoms with E-state index >= 15 is 0 Å². The quantitative estimate of drug-likeness (QED) is 0.245. The fourth-order valence-corrected chi connectivity index (χ4v) is 3.65. The van der Waals surface area contributed by atoms with E-state index in [0.717, 1.165) is 18.4 Å². The van der Waals surface area contributed by atoms with Gasteiger partial charge in [0.05, 0.1) is 13.2 Å². The minimum absolute atomic E-state index is 0. The Bertz CT molecular complexity index is 881. The van der Waals surface area contributed by atoms with Crippen LogP contribution in [0.1, 0.15) is 31.4 Å². The van der Waals surface area contributed by atoms with Crippen molar-refractivity contribution in [2.24, 2.45) is 0 Å². The molecule has 1 heterocycles. The Morgan fingerprint density at radius 2 is 1.84 bits per heavy atom. The molecule has 1 amide bonds. The van der Waals surface area contributed by atoms with Gasteiger partial charge in [-0.05, 0) is 48.4 Å². The molecule has 0 fully saturated rings. The van der Waals surface area contributed by atoms with Crippen molar-refractivity contribution in [3.05, 3.63) is 77.3 Å². The highest BCUT2D eigenvalue weighted by molar-refractivity contribution is 6.30. The highest BCUT2D eigenvalue weighted by Crippen LogP contribution is 2.31. The van der Waals surface area contributed by atoms with E-state index in [-0.39, 0.29) is 36.8 Å². The van der Waals surface area contributed by atoms with Crippen LogP contribution in [0.5, 0.6) is 0 Å². The molecule has 1 aliphatic rings. The van der Waals surface area contributed by atoms with Crippen LogP contribution >= 0.6 is 35.6 Å². The van der Waals surface area contributed by atoms with Crippen molar-refractivity contribution in [3.63, 3.8) is 0 Å². The zero-order valence-electron chi connectivity index (χ0n) is 17.7. The van der Waals surface area contributed by atoms with Crippen LogP contribution in [-0.4, -0.2) is 41.0 Å². The summed E-state index contributed by atoms with van der Waals surface area (Å²) in [6.45, 7) is 3.31. The number of carbonyl (C=O) groups excluding carboxylic acids is 1. The summed E-state index contributed by atoms with van der Waals surface area (Å²) in [7, 11) is 0. The van der Waals surface area contributed by atoms with Gasteiger partial charge >= 0.3 is 0 Å². The molecule has 0 saturated carbocycles. The minimum Gasteiger partial charge on any atom is -0.370 e. The molecular formula is C23H27Cl3FN3O2. The van der Waals surface area contributed by atoms with Crippen LogP contribution in [0.15, 0.2) is 60.9 Å². The van der Waals surface area contributed by atoms with Gasteiger partial charge in [0.1, 0.15) is 17.4 Å². The molecule has 2 unspecified atom stereocenters. The summed E-state index contributed by atoms with van der Waals surface area (Å²) >= 11 is 12.8. The Morgan fingerprint density at radius 3 is 2.50 bits per heavy atom. The molecule has 1 N–H and O–H groups in total. The molecular weight excluding hydrogens is 476 g/mol. The second kappa shape index (κ2) is 12.9. The molecule has 0 aliphatic carbocycles. The van der Waals surface area contributed by atoms with E-state index < -0.39 is 5.50 Å². The Morgan fingerprint density at radius 1 is 1.16 bits per heavy atom. The van der Waals surface area contributed by atoms with E-state index in [1.807, 2.05) is 46.5 Å². The maximum atomic E-state index is 13.0. The van der Waals surface area contributed by atoms with Crippen LogP contribution in [0, 0.1) is 5.82 Å². The number of carbonyl (C=O) groups is 1. The fraction of sp³-hybridized carbons (Fsp3) is 0.348. The van der Waals surface area contributed by atoms with Crippen LogP contribution in [0.4, 0.5) is 10.1 Å². The standard InChI is InChI=1S/C23H26Cl2FN3O2.ClH/c1-2-3-14-31-22(17-4-6-18(24)7-5-17)23(25)29-13-12-28(16-29)15-21(30)27-20-10-8-19(26)9-11-20;/h4-13,22-23H,2-3,14-16H2,1H3,(H,27,30);1H. The number of rotatable bonds is 10. The lowest BCUT2D eigenvalue weighted by molar-refractivity contribution is -0.117. The van der Waals surface area contributed by atoms with Gasteiger partial charge in [-0.3, -0.25) is 4.79 Å². The largest absolute Gasteiger partial charge is 0.370 e. The van der Waals surface area contributed by atoms with Gasteiger partial charge in [-0.1, -0.05) is 48.7 Å². The summed E-state index contributed by atoms with van der Waals surface area (Å²) < 4.78 is 19.1. The highest BCUT2D eigenvalue weighted by Gasteiger charge is 2.29. The number of nitrogens with one attached hydrogen (secondary N) is 1. The van der Waals surface area contributed by atoms with Gasteiger partial charge in [0.2, 0.25) is 5.91 Å². The topological polar surface area (TPSA) is 44.8 Å². The van der Waals surface area contributed by atoms with E-state index in [1.54, 1.807) is 0 Å². The summed E-state index contributed by atoms with van der Waals surface area (Å²) in [6.07, 6.45) is 5.31. The number of unbranched alkanes of at least 4 members (excludes halogenated alkanes) is 1.